The van der Waals surface area contributed by atoms with Crippen LogP contribution in [0.2, 0.25) is 0 Å². The minimum absolute atomic E-state index is 0.0172. The Bertz CT molecular complexity index is 1140. The van der Waals surface area contributed by atoms with E-state index in [1.165, 1.54) is 12.1 Å². The zero-order chi connectivity index (χ0) is 25.4. The van der Waals surface area contributed by atoms with Crippen molar-refractivity contribution in [1.82, 2.24) is 9.97 Å². The van der Waals surface area contributed by atoms with Gasteiger partial charge >= 0.3 is 6.18 Å². The summed E-state index contributed by atoms with van der Waals surface area (Å²) < 4.78 is 78.9. The fraction of sp³-hybridized carbons (Fsp3) is 0.545. The van der Waals surface area contributed by atoms with Gasteiger partial charge in [-0.25, -0.2) is 22.8 Å². The number of alkyl halides is 3. The highest BCUT2D eigenvalue weighted by Crippen LogP contribution is 2.36. The van der Waals surface area contributed by atoms with Crippen LogP contribution in [-0.4, -0.2) is 55.4 Å². The highest BCUT2D eigenvalue weighted by molar-refractivity contribution is 7.90. The van der Waals surface area contributed by atoms with Crippen molar-refractivity contribution in [3.8, 4) is 0 Å². The molecule has 1 aliphatic heterocycles. The third-order valence-corrected chi connectivity index (χ3v) is 7.05. The van der Waals surface area contributed by atoms with E-state index in [2.05, 4.69) is 9.97 Å². The lowest BCUT2D eigenvalue weighted by Gasteiger charge is -2.44. The van der Waals surface area contributed by atoms with Crippen LogP contribution in [0.1, 0.15) is 44.6 Å². The second-order valence-corrected chi connectivity index (χ2v) is 10.7. The van der Waals surface area contributed by atoms with Gasteiger partial charge in [-0.05, 0) is 30.5 Å². The zero-order valence-corrected chi connectivity index (χ0v) is 20.2. The molecule has 3 rings (SSSR count). The maximum atomic E-state index is 14.0. The highest BCUT2D eigenvalue weighted by Gasteiger charge is 2.39. The molecular formula is C22H28F4N4O3S. The summed E-state index contributed by atoms with van der Waals surface area (Å²) in [4.78, 5) is 11.1. The number of anilines is 2. The maximum absolute atomic E-state index is 14.0. The third kappa shape index (κ3) is 5.43. The SMILES string of the molecule is CC[C@@H](O)c1cnc(N2CCN(c3ccc(F)c(S(C)(=O)=O)c3)CC2C(C)C)nc1C(F)(F)F. The second-order valence-electron chi connectivity index (χ2n) is 8.73. The van der Waals surface area contributed by atoms with Crippen LogP contribution < -0.4 is 9.80 Å². The van der Waals surface area contributed by atoms with Crippen LogP contribution in [-0.2, 0) is 16.0 Å². The molecule has 0 radical (unpaired) electrons. The number of benzene rings is 1. The van der Waals surface area contributed by atoms with E-state index in [4.69, 9.17) is 0 Å². The van der Waals surface area contributed by atoms with Gasteiger partial charge in [-0.15, -0.1) is 0 Å². The molecule has 1 N–H and O–H groups in total. The van der Waals surface area contributed by atoms with E-state index in [-0.39, 0.29) is 36.4 Å². The summed E-state index contributed by atoms with van der Waals surface area (Å²) >= 11 is 0. The Labute approximate surface area is 196 Å². The molecule has 2 atom stereocenters. The lowest BCUT2D eigenvalue weighted by atomic mass is 9.99. The molecule has 188 valence electrons. The van der Waals surface area contributed by atoms with Gasteiger partial charge in [0.05, 0.1) is 12.1 Å². The molecule has 7 nitrogen and oxygen atoms in total. The van der Waals surface area contributed by atoms with Crippen LogP contribution in [0, 0.1) is 11.7 Å². The van der Waals surface area contributed by atoms with Crippen LogP contribution in [0.3, 0.4) is 0 Å². The Morgan fingerprint density at radius 3 is 2.47 bits per heavy atom. The van der Waals surface area contributed by atoms with Gasteiger partial charge in [0.1, 0.15) is 10.7 Å². The summed E-state index contributed by atoms with van der Waals surface area (Å²) in [7, 11) is -3.77. The van der Waals surface area contributed by atoms with Gasteiger partial charge in [0.15, 0.2) is 15.5 Å². The summed E-state index contributed by atoms with van der Waals surface area (Å²) in [5.41, 5.74) is -1.02. The fourth-order valence-electron chi connectivity index (χ4n) is 4.05. The number of aliphatic hydroxyl groups excluding tert-OH is 1. The summed E-state index contributed by atoms with van der Waals surface area (Å²) in [5, 5.41) is 10.0. The normalized spacial score (nSPS) is 18.5. The van der Waals surface area contributed by atoms with Gasteiger partial charge in [-0.1, -0.05) is 20.8 Å². The van der Waals surface area contributed by atoms with Gasteiger partial charge in [0.25, 0.3) is 0 Å². The number of hydrogen-bond donors (Lipinski definition) is 1. The largest absolute Gasteiger partial charge is 0.433 e. The molecule has 1 aromatic carbocycles. The lowest BCUT2D eigenvalue weighted by molar-refractivity contribution is -0.142. The van der Waals surface area contributed by atoms with Crippen molar-refractivity contribution in [2.24, 2.45) is 5.92 Å². The number of hydrogen-bond acceptors (Lipinski definition) is 7. The van der Waals surface area contributed by atoms with Crippen LogP contribution in [0.25, 0.3) is 0 Å². The molecule has 12 heteroatoms. The maximum Gasteiger partial charge on any atom is 0.433 e. The first-order valence-corrected chi connectivity index (χ1v) is 12.8. The van der Waals surface area contributed by atoms with E-state index >= 15 is 0 Å². The van der Waals surface area contributed by atoms with Crippen molar-refractivity contribution in [3.05, 3.63) is 41.5 Å². The number of aliphatic hydroxyl groups is 1. The molecule has 0 spiro atoms. The summed E-state index contributed by atoms with van der Waals surface area (Å²) in [6.45, 7) is 6.33. The molecule has 1 unspecified atom stereocenters. The van der Waals surface area contributed by atoms with E-state index in [1.807, 2.05) is 18.7 Å². The topological polar surface area (TPSA) is 86.6 Å². The van der Waals surface area contributed by atoms with E-state index in [1.54, 1.807) is 11.8 Å². The molecule has 1 saturated heterocycles. The smallest absolute Gasteiger partial charge is 0.388 e. The molecule has 1 fully saturated rings. The predicted octanol–water partition coefficient (Wildman–Crippen LogP) is 3.83. The van der Waals surface area contributed by atoms with Crippen molar-refractivity contribution < 1.29 is 31.1 Å². The summed E-state index contributed by atoms with van der Waals surface area (Å²) in [5.74, 6) is -0.946. The predicted molar refractivity (Wildman–Crippen MR) is 120 cm³/mol. The van der Waals surface area contributed by atoms with Gasteiger partial charge in [0, 0.05) is 43.3 Å². The Morgan fingerprint density at radius 1 is 1.24 bits per heavy atom. The molecule has 1 aromatic heterocycles. The van der Waals surface area contributed by atoms with Crippen LogP contribution in [0.5, 0.6) is 0 Å². The average molecular weight is 505 g/mol. The number of rotatable bonds is 6. The molecule has 0 aliphatic carbocycles. The molecule has 34 heavy (non-hydrogen) atoms. The van der Waals surface area contributed by atoms with E-state index in [0.29, 0.717) is 18.8 Å². The van der Waals surface area contributed by atoms with Gasteiger partial charge in [-0.2, -0.15) is 13.2 Å². The lowest BCUT2D eigenvalue weighted by Crippen LogP contribution is -2.56. The van der Waals surface area contributed by atoms with Crippen LogP contribution in [0.4, 0.5) is 29.2 Å². The van der Waals surface area contributed by atoms with Gasteiger partial charge in [0.2, 0.25) is 5.95 Å². The van der Waals surface area contributed by atoms with Gasteiger partial charge < -0.3 is 14.9 Å². The number of aromatic nitrogens is 2. The van der Waals surface area contributed by atoms with Crippen molar-refractivity contribution in [1.29, 1.82) is 0 Å². The molecule has 0 bridgehead atoms. The Kier molecular flexibility index (Phi) is 7.42. The van der Waals surface area contributed by atoms with E-state index in [9.17, 15) is 31.1 Å². The minimum Gasteiger partial charge on any atom is -0.388 e. The molecule has 2 aromatic rings. The Balaban J connectivity index is 1.95. The molecule has 0 amide bonds. The van der Waals surface area contributed by atoms with E-state index < -0.39 is 38.5 Å². The number of piperazine rings is 1. The van der Waals surface area contributed by atoms with Crippen LogP contribution >= 0.6 is 0 Å². The average Bonchev–Trinajstić information content (AvgIpc) is 2.76. The Morgan fingerprint density at radius 2 is 1.91 bits per heavy atom. The van der Waals surface area contributed by atoms with Gasteiger partial charge in [-0.3, -0.25) is 0 Å². The third-order valence-electron chi connectivity index (χ3n) is 5.94. The quantitative estimate of drug-likeness (QED) is 0.599. The second kappa shape index (κ2) is 9.65. The highest BCUT2D eigenvalue weighted by atomic mass is 32.2. The number of sulfone groups is 1. The molecule has 2 heterocycles. The first-order chi connectivity index (χ1) is 15.7. The fourth-order valence-corrected chi connectivity index (χ4v) is 4.80. The first kappa shape index (κ1) is 26.1. The zero-order valence-electron chi connectivity index (χ0n) is 19.3. The monoisotopic (exact) mass is 504 g/mol. The first-order valence-electron chi connectivity index (χ1n) is 10.9. The molecular weight excluding hydrogens is 476 g/mol. The van der Waals surface area contributed by atoms with Crippen molar-refractivity contribution >= 4 is 21.5 Å². The Hall–Kier alpha value is -2.47. The summed E-state index contributed by atoms with van der Waals surface area (Å²) in [6, 6.07) is 3.55. The van der Waals surface area contributed by atoms with Crippen molar-refractivity contribution in [2.45, 2.75) is 50.4 Å². The number of halogens is 4. The molecule has 0 saturated carbocycles. The van der Waals surface area contributed by atoms with Crippen molar-refractivity contribution in [2.75, 3.05) is 35.7 Å². The summed E-state index contributed by atoms with van der Waals surface area (Å²) in [6.07, 6.45) is -4.04. The van der Waals surface area contributed by atoms with Crippen LogP contribution in [0.15, 0.2) is 29.3 Å². The van der Waals surface area contributed by atoms with Crippen molar-refractivity contribution in [3.63, 3.8) is 0 Å². The van der Waals surface area contributed by atoms with E-state index in [0.717, 1.165) is 18.5 Å². The number of nitrogens with zero attached hydrogens (tertiary/aromatic N) is 4. The molecule has 1 aliphatic rings. The minimum atomic E-state index is -4.76. The standard InChI is InChI=1S/C22H28F4N4O3S/c1-5-18(31)15-11-27-21(28-20(15)22(24,25)26)30-9-8-29(12-17(30)13(2)3)14-6-7-16(23)19(10-14)34(4,32)33/h6-7,10-11,13,17-18,31H,5,8-9,12H2,1-4H3/t17?,18-/m1/s1.